The van der Waals surface area contributed by atoms with Crippen molar-refractivity contribution >= 4 is 29.3 Å². The van der Waals surface area contributed by atoms with Crippen molar-refractivity contribution in [2.45, 2.75) is 45.3 Å². The minimum Gasteiger partial charge on any atom is -0.333 e. The first-order chi connectivity index (χ1) is 10.7. The predicted molar refractivity (Wildman–Crippen MR) is 87.4 cm³/mol. The molecule has 2 heterocycles. The van der Waals surface area contributed by atoms with Gasteiger partial charge in [-0.3, -0.25) is 14.5 Å². The zero-order valence-electron chi connectivity index (χ0n) is 13.8. The van der Waals surface area contributed by atoms with E-state index in [1.165, 1.54) is 11.8 Å². The second-order valence-electron chi connectivity index (χ2n) is 6.16. The van der Waals surface area contributed by atoms with Crippen molar-refractivity contribution in [3.63, 3.8) is 0 Å². The van der Waals surface area contributed by atoms with E-state index in [9.17, 15) is 9.59 Å². The summed E-state index contributed by atoms with van der Waals surface area (Å²) in [6, 6.07) is 1.31. The number of nitrogens with zero attached hydrogens (tertiary/aromatic N) is 4. The molecule has 9 heteroatoms. The van der Waals surface area contributed by atoms with Crippen LogP contribution < -0.4 is 10.6 Å². The molecule has 2 aromatic heterocycles. The molecule has 0 aliphatic rings. The lowest BCUT2D eigenvalue weighted by molar-refractivity contribution is -0.117. The maximum atomic E-state index is 11.8. The van der Waals surface area contributed by atoms with Gasteiger partial charge in [-0.1, -0.05) is 11.8 Å². The molecule has 0 aromatic carbocycles. The summed E-state index contributed by atoms with van der Waals surface area (Å²) >= 11 is 1.20. The number of carbonyl (C=O) groups is 2. The number of urea groups is 1. The van der Waals surface area contributed by atoms with Gasteiger partial charge < -0.3 is 5.32 Å². The molecule has 124 valence electrons. The van der Waals surface area contributed by atoms with E-state index in [2.05, 4.69) is 25.8 Å². The summed E-state index contributed by atoms with van der Waals surface area (Å²) in [5.41, 5.74) is 1.14. The van der Waals surface area contributed by atoms with Gasteiger partial charge in [0.15, 0.2) is 10.8 Å². The first-order valence-corrected chi connectivity index (χ1v) is 8.08. The molecule has 3 amide bonds. The smallest absolute Gasteiger partial charge is 0.321 e. The van der Waals surface area contributed by atoms with Gasteiger partial charge >= 0.3 is 6.03 Å². The number of aryl methyl sites for hydroxylation is 2. The van der Waals surface area contributed by atoms with E-state index >= 15 is 0 Å². The van der Waals surface area contributed by atoms with Crippen molar-refractivity contribution in [2.75, 3.05) is 5.75 Å². The first-order valence-electron chi connectivity index (χ1n) is 7.10. The fourth-order valence-corrected chi connectivity index (χ4v) is 2.75. The lowest BCUT2D eigenvalue weighted by Crippen LogP contribution is -2.48. The summed E-state index contributed by atoms with van der Waals surface area (Å²) in [6.45, 7) is 9.25. The molecule has 0 unspecified atom stereocenters. The number of hydrogen-bond donors (Lipinski definition) is 2. The first kappa shape index (κ1) is 17.2. The lowest BCUT2D eigenvalue weighted by Gasteiger charge is -2.20. The molecular weight excluding hydrogens is 316 g/mol. The molecule has 0 atom stereocenters. The van der Waals surface area contributed by atoms with E-state index in [-0.39, 0.29) is 5.75 Å². The second-order valence-corrected chi connectivity index (χ2v) is 7.10. The number of nitrogens with one attached hydrogen (secondary N) is 2. The van der Waals surface area contributed by atoms with Gasteiger partial charge in [0.05, 0.1) is 5.75 Å². The Balaban J connectivity index is 1.99. The molecule has 23 heavy (non-hydrogen) atoms. The molecule has 0 bridgehead atoms. The van der Waals surface area contributed by atoms with Crippen molar-refractivity contribution in [1.82, 2.24) is 30.2 Å². The molecule has 8 nitrogen and oxygen atoms in total. The Hall–Kier alpha value is -2.16. The van der Waals surface area contributed by atoms with Crippen LogP contribution in [-0.4, -0.2) is 42.8 Å². The Morgan fingerprint density at radius 2 is 1.96 bits per heavy atom. The highest BCUT2D eigenvalue weighted by atomic mass is 32.2. The summed E-state index contributed by atoms with van der Waals surface area (Å²) in [4.78, 5) is 27.8. The minimum atomic E-state index is -0.511. The predicted octanol–water partition coefficient (Wildman–Crippen LogP) is 1.46. The highest BCUT2D eigenvalue weighted by Gasteiger charge is 2.17. The summed E-state index contributed by atoms with van der Waals surface area (Å²) in [7, 11) is 0. The number of hydrogen-bond acceptors (Lipinski definition) is 6. The Labute approximate surface area is 138 Å². The number of fused-ring (bicyclic) bond motifs is 1. The quantitative estimate of drug-likeness (QED) is 0.823. The third kappa shape index (κ3) is 4.65. The van der Waals surface area contributed by atoms with Crippen LogP contribution in [0.5, 0.6) is 0 Å². The van der Waals surface area contributed by atoms with E-state index in [1.807, 2.05) is 40.7 Å². The van der Waals surface area contributed by atoms with E-state index in [0.29, 0.717) is 10.8 Å². The fraction of sp³-hybridized carbons (Fsp3) is 0.500. The maximum absolute atomic E-state index is 11.8. The third-order valence-corrected chi connectivity index (χ3v) is 3.66. The lowest BCUT2D eigenvalue weighted by atomic mass is 10.1. The average molecular weight is 336 g/mol. The van der Waals surface area contributed by atoms with Gasteiger partial charge in [-0.05, 0) is 34.6 Å². The molecule has 2 aromatic rings. The zero-order chi connectivity index (χ0) is 17.2. The van der Waals surface area contributed by atoms with E-state index in [1.54, 1.807) is 4.40 Å². The summed E-state index contributed by atoms with van der Waals surface area (Å²) in [6.07, 6.45) is 0. The van der Waals surface area contributed by atoms with Gasteiger partial charge in [0.1, 0.15) is 5.82 Å². The van der Waals surface area contributed by atoms with Crippen molar-refractivity contribution in [3.8, 4) is 0 Å². The molecule has 0 saturated heterocycles. The number of carbonyl (C=O) groups excluding carboxylic acids is 2. The normalized spacial score (nSPS) is 11.5. The summed E-state index contributed by atoms with van der Waals surface area (Å²) in [5, 5.41) is 13.7. The molecule has 0 saturated carbocycles. The Bertz CT molecular complexity index is 750. The Morgan fingerprint density at radius 3 is 2.61 bits per heavy atom. The average Bonchev–Trinajstić information content (AvgIpc) is 2.76. The Kier molecular flexibility index (Phi) is 4.88. The van der Waals surface area contributed by atoms with Crippen molar-refractivity contribution in [3.05, 3.63) is 17.6 Å². The number of thioether (sulfide) groups is 1. The van der Waals surface area contributed by atoms with Gasteiger partial charge in [-0.25, -0.2) is 9.78 Å². The third-order valence-electron chi connectivity index (χ3n) is 2.73. The summed E-state index contributed by atoms with van der Waals surface area (Å²) in [5.74, 6) is 0.413. The van der Waals surface area contributed by atoms with Gasteiger partial charge in [-0.15, -0.1) is 10.2 Å². The standard InChI is InChI=1S/C14H20N6O2S/c1-8-6-10-18-19-13(20(10)9(2)15-8)23-7-11(21)16-12(22)17-14(3,4)5/h6H,7H2,1-5H3,(H2,16,17,21,22). The van der Waals surface area contributed by atoms with Crippen LogP contribution in [0.1, 0.15) is 32.3 Å². The fourth-order valence-electron chi connectivity index (χ4n) is 1.96. The van der Waals surface area contributed by atoms with Gasteiger partial charge in [0, 0.05) is 17.3 Å². The van der Waals surface area contributed by atoms with Crippen LogP contribution in [0, 0.1) is 13.8 Å². The molecule has 2 rings (SSSR count). The van der Waals surface area contributed by atoms with E-state index < -0.39 is 17.5 Å². The topological polar surface area (TPSA) is 101 Å². The van der Waals surface area contributed by atoms with Crippen molar-refractivity contribution in [1.29, 1.82) is 0 Å². The molecule has 0 spiro atoms. The van der Waals surface area contributed by atoms with Crippen LogP contribution >= 0.6 is 11.8 Å². The number of imide groups is 1. The van der Waals surface area contributed by atoms with Crippen LogP contribution in [0.25, 0.3) is 5.65 Å². The highest BCUT2D eigenvalue weighted by molar-refractivity contribution is 7.99. The second kappa shape index (κ2) is 6.53. The number of amides is 3. The molecule has 0 fully saturated rings. The SMILES string of the molecule is Cc1cc2nnc(SCC(=O)NC(=O)NC(C)(C)C)n2c(C)n1. The highest BCUT2D eigenvalue weighted by Crippen LogP contribution is 2.18. The maximum Gasteiger partial charge on any atom is 0.321 e. The van der Waals surface area contributed by atoms with Gasteiger partial charge in [0.25, 0.3) is 0 Å². The van der Waals surface area contributed by atoms with E-state index in [4.69, 9.17) is 0 Å². The molecule has 0 radical (unpaired) electrons. The van der Waals surface area contributed by atoms with Crippen LogP contribution in [0.4, 0.5) is 4.79 Å². The van der Waals surface area contributed by atoms with Crippen molar-refractivity contribution in [2.24, 2.45) is 0 Å². The van der Waals surface area contributed by atoms with Crippen LogP contribution in [0.2, 0.25) is 0 Å². The largest absolute Gasteiger partial charge is 0.333 e. The molecular formula is C14H20N6O2S. The van der Waals surface area contributed by atoms with Crippen molar-refractivity contribution < 1.29 is 9.59 Å². The monoisotopic (exact) mass is 336 g/mol. The Morgan fingerprint density at radius 1 is 1.26 bits per heavy atom. The van der Waals surface area contributed by atoms with Gasteiger partial charge in [0.2, 0.25) is 5.91 Å². The van der Waals surface area contributed by atoms with Crippen LogP contribution in [0.3, 0.4) is 0 Å². The minimum absolute atomic E-state index is 0.0612. The molecule has 0 aliphatic heterocycles. The zero-order valence-corrected chi connectivity index (χ0v) is 14.6. The van der Waals surface area contributed by atoms with Gasteiger partial charge in [-0.2, -0.15) is 0 Å². The number of rotatable bonds is 3. The number of aromatic nitrogens is 4. The van der Waals surface area contributed by atoms with Crippen LogP contribution in [0.15, 0.2) is 11.2 Å². The van der Waals surface area contributed by atoms with E-state index in [0.717, 1.165) is 11.5 Å². The molecule has 2 N–H and O–H groups in total. The van der Waals surface area contributed by atoms with Crippen LogP contribution in [-0.2, 0) is 4.79 Å². The molecule has 0 aliphatic carbocycles. The summed E-state index contributed by atoms with van der Waals surface area (Å²) < 4.78 is 1.78.